The van der Waals surface area contributed by atoms with Gasteiger partial charge in [0, 0.05) is 45.8 Å². The molecule has 2 N–H and O–H groups in total. The lowest BCUT2D eigenvalue weighted by Gasteiger charge is -2.33. The van der Waals surface area contributed by atoms with Crippen LogP contribution in [0.5, 0.6) is 0 Å². The molecule has 2 atom stereocenters. The summed E-state index contributed by atoms with van der Waals surface area (Å²) >= 11 is 0. The highest BCUT2D eigenvalue weighted by Crippen LogP contribution is 2.28. The van der Waals surface area contributed by atoms with Gasteiger partial charge in [0.15, 0.2) is 5.96 Å². The molecular formula is C22H38IN5O2S. The number of hydrogen-bond donors (Lipinski definition) is 2. The minimum Gasteiger partial charge on any atom is -0.354 e. The number of halogens is 1. The minimum atomic E-state index is -3.51. The Bertz CT molecular complexity index is 830. The van der Waals surface area contributed by atoms with Crippen molar-refractivity contribution in [3.05, 3.63) is 29.8 Å². The number of sulfonamides is 1. The predicted octanol–water partition coefficient (Wildman–Crippen LogP) is 2.73. The molecule has 2 unspecified atom stereocenters. The zero-order valence-corrected chi connectivity index (χ0v) is 22.3. The molecule has 0 radical (unpaired) electrons. The van der Waals surface area contributed by atoms with E-state index in [0.717, 1.165) is 37.5 Å². The zero-order chi connectivity index (χ0) is 21.7. The summed E-state index contributed by atoms with van der Waals surface area (Å²) in [5, 5.41) is 6.87. The van der Waals surface area contributed by atoms with Crippen LogP contribution in [0.4, 0.5) is 0 Å². The Kier molecular flexibility index (Phi) is 10.0. The second-order valence-corrected chi connectivity index (χ2v) is 10.9. The van der Waals surface area contributed by atoms with Crippen LogP contribution in [-0.4, -0.2) is 69.9 Å². The average molecular weight is 564 g/mol. The van der Waals surface area contributed by atoms with Gasteiger partial charge in [0.2, 0.25) is 10.0 Å². The molecule has 0 amide bonds. The van der Waals surface area contributed by atoms with Gasteiger partial charge in [-0.25, -0.2) is 8.42 Å². The molecule has 31 heavy (non-hydrogen) atoms. The van der Waals surface area contributed by atoms with Crippen LogP contribution in [0.1, 0.15) is 38.7 Å². The van der Waals surface area contributed by atoms with E-state index in [1.54, 1.807) is 23.5 Å². The molecule has 1 heterocycles. The number of rotatable bonds is 5. The third-order valence-corrected chi connectivity index (χ3v) is 8.24. The van der Waals surface area contributed by atoms with Crippen LogP contribution in [0.25, 0.3) is 0 Å². The van der Waals surface area contributed by atoms with Gasteiger partial charge in [0.1, 0.15) is 0 Å². The summed E-state index contributed by atoms with van der Waals surface area (Å²) in [6.45, 7) is 7.60. The maximum absolute atomic E-state index is 13.3. The van der Waals surface area contributed by atoms with Gasteiger partial charge in [-0.15, -0.1) is 24.0 Å². The molecule has 2 aliphatic rings. The quantitative estimate of drug-likeness (QED) is 0.328. The molecule has 0 spiro atoms. The first-order valence-corrected chi connectivity index (χ1v) is 12.5. The molecular weight excluding hydrogens is 525 g/mol. The predicted molar refractivity (Wildman–Crippen MR) is 137 cm³/mol. The highest BCUT2D eigenvalue weighted by atomic mass is 127. The van der Waals surface area contributed by atoms with Gasteiger partial charge < -0.3 is 15.5 Å². The molecule has 0 bridgehead atoms. The summed E-state index contributed by atoms with van der Waals surface area (Å²) in [4.78, 5) is 6.91. The second-order valence-electron chi connectivity index (χ2n) is 9.00. The Morgan fingerprint density at radius 2 is 1.68 bits per heavy atom. The monoisotopic (exact) mass is 563 g/mol. The highest BCUT2D eigenvalue weighted by Gasteiger charge is 2.29. The number of nitrogens with zero attached hydrogens (tertiary/aromatic N) is 3. The van der Waals surface area contributed by atoms with Crippen LogP contribution in [0.3, 0.4) is 0 Å². The molecule has 1 aromatic carbocycles. The smallest absolute Gasteiger partial charge is 0.243 e. The molecule has 7 nitrogen and oxygen atoms in total. The summed E-state index contributed by atoms with van der Waals surface area (Å²) in [6, 6.07) is 7.68. The van der Waals surface area contributed by atoms with E-state index in [1.165, 1.54) is 6.42 Å². The Morgan fingerprint density at radius 3 is 2.29 bits per heavy atom. The lowest BCUT2D eigenvalue weighted by atomic mass is 9.80. The lowest BCUT2D eigenvalue weighted by Crippen LogP contribution is -2.47. The highest BCUT2D eigenvalue weighted by molar-refractivity contribution is 14.0. The molecule has 9 heteroatoms. The normalized spacial score (nSPS) is 26.2. The summed E-state index contributed by atoms with van der Waals surface area (Å²) in [7, 11) is 0.278. The molecule has 1 aliphatic carbocycles. The number of guanidine groups is 1. The summed E-state index contributed by atoms with van der Waals surface area (Å²) in [5.74, 6) is 2.14. The van der Waals surface area contributed by atoms with Gasteiger partial charge in [-0.2, -0.15) is 4.31 Å². The van der Waals surface area contributed by atoms with Crippen molar-refractivity contribution in [3.63, 3.8) is 0 Å². The second kappa shape index (κ2) is 11.8. The standard InChI is InChI=1S/C22H37N5O2S.HI/c1-17-13-18(2)15-20(14-17)25-22(23-3)24-16-19-7-5-6-8-21(19)30(28,29)27-11-9-26(4)10-12-27;/h5-8,17-18,20H,9-16H2,1-4H3,(H2,23,24,25);1H. The maximum atomic E-state index is 13.3. The Balaban J connectivity index is 0.00000341. The van der Waals surface area contributed by atoms with E-state index in [2.05, 4.69) is 34.4 Å². The SMILES string of the molecule is CN=C(NCc1ccccc1S(=O)(=O)N1CCN(C)CC1)NC1CC(C)CC(C)C1.I. The number of aliphatic imine (C=N–C) groups is 1. The van der Waals surface area contributed by atoms with Crippen LogP contribution in [0, 0.1) is 11.8 Å². The molecule has 176 valence electrons. The number of nitrogens with one attached hydrogen (secondary N) is 2. The molecule has 1 saturated carbocycles. The number of piperazine rings is 1. The van der Waals surface area contributed by atoms with E-state index in [-0.39, 0.29) is 24.0 Å². The molecule has 2 fully saturated rings. The maximum Gasteiger partial charge on any atom is 0.243 e. The first-order valence-electron chi connectivity index (χ1n) is 11.0. The summed E-state index contributed by atoms with van der Waals surface area (Å²) in [5.41, 5.74) is 0.768. The van der Waals surface area contributed by atoms with Crippen LogP contribution >= 0.6 is 24.0 Å². The lowest BCUT2D eigenvalue weighted by molar-refractivity contribution is 0.222. The fraction of sp³-hybridized carbons (Fsp3) is 0.682. The molecule has 1 aromatic rings. The van der Waals surface area contributed by atoms with E-state index < -0.39 is 10.0 Å². The van der Waals surface area contributed by atoms with E-state index in [1.807, 2.05) is 19.2 Å². The van der Waals surface area contributed by atoms with Crippen molar-refractivity contribution in [1.29, 1.82) is 0 Å². The van der Waals surface area contributed by atoms with Crippen molar-refractivity contribution in [2.24, 2.45) is 16.8 Å². The van der Waals surface area contributed by atoms with Crippen molar-refractivity contribution in [2.45, 2.75) is 50.6 Å². The van der Waals surface area contributed by atoms with Crippen molar-refractivity contribution >= 4 is 40.0 Å². The van der Waals surface area contributed by atoms with Crippen LogP contribution in [-0.2, 0) is 16.6 Å². The topological polar surface area (TPSA) is 77.0 Å². The third-order valence-electron chi connectivity index (χ3n) is 6.24. The van der Waals surface area contributed by atoms with Crippen LogP contribution in [0.15, 0.2) is 34.2 Å². The van der Waals surface area contributed by atoms with Gasteiger partial charge in [-0.1, -0.05) is 32.0 Å². The van der Waals surface area contributed by atoms with Gasteiger partial charge in [0.05, 0.1) is 4.90 Å². The van der Waals surface area contributed by atoms with E-state index >= 15 is 0 Å². The summed E-state index contributed by atoms with van der Waals surface area (Å²) in [6.07, 6.45) is 3.56. The van der Waals surface area contributed by atoms with E-state index in [0.29, 0.717) is 42.4 Å². The minimum absolute atomic E-state index is 0. The van der Waals surface area contributed by atoms with Crippen molar-refractivity contribution < 1.29 is 8.42 Å². The molecule has 1 saturated heterocycles. The van der Waals surface area contributed by atoms with Crippen molar-refractivity contribution in [2.75, 3.05) is 40.3 Å². The van der Waals surface area contributed by atoms with Gasteiger partial charge >= 0.3 is 0 Å². The first kappa shape index (κ1) is 26.3. The first-order chi connectivity index (χ1) is 14.3. The van der Waals surface area contributed by atoms with E-state index in [4.69, 9.17) is 0 Å². The average Bonchev–Trinajstić information content (AvgIpc) is 2.71. The largest absolute Gasteiger partial charge is 0.354 e. The van der Waals surface area contributed by atoms with E-state index in [9.17, 15) is 8.42 Å². The van der Waals surface area contributed by atoms with Crippen molar-refractivity contribution in [1.82, 2.24) is 19.8 Å². The Labute approximate surface area is 205 Å². The molecule has 0 aromatic heterocycles. The Morgan fingerprint density at radius 1 is 1.06 bits per heavy atom. The summed E-state index contributed by atoms with van der Waals surface area (Å²) < 4.78 is 28.1. The third kappa shape index (κ3) is 7.03. The molecule has 3 rings (SSSR count). The van der Waals surface area contributed by atoms with Crippen molar-refractivity contribution in [3.8, 4) is 0 Å². The fourth-order valence-electron chi connectivity index (χ4n) is 4.70. The molecule has 1 aliphatic heterocycles. The number of likely N-dealkylation sites (N-methyl/N-ethyl adjacent to an activating group) is 1. The fourth-order valence-corrected chi connectivity index (χ4v) is 6.35. The van der Waals surface area contributed by atoms with Gasteiger partial charge in [0.25, 0.3) is 0 Å². The van der Waals surface area contributed by atoms with Gasteiger partial charge in [-0.05, 0) is 49.8 Å². The zero-order valence-electron chi connectivity index (χ0n) is 19.2. The van der Waals surface area contributed by atoms with Gasteiger partial charge in [-0.3, -0.25) is 4.99 Å². The number of hydrogen-bond acceptors (Lipinski definition) is 4. The Hall–Kier alpha value is -0.910. The number of benzene rings is 1. The van der Waals surface area contributed by atoms with Crippen LogP contribution < -0.4 is 10.6 Å². The van der Waals surface area contributed by atoms with Crippen LogP contribution in [0.2, 0.25) is 0 Å².